The number of aliphatic hydroxyl groups excluding tert-OH is 2. The highest BCUT2D eigenvalue weighted by Gasteiger charge is 1.98. The molecule has 0 amide bonds. The number of hydrogen-bond acceptors (Lipinski definition) is 7. The molecule has 0 unspecified atom stereocenters. The number of carbonyl (C=O) groups is 1. The average molecular weight is 338 g/mol. The highest BCUT2D eigenvalue weighted by atomic mass is 16.5. The van der Waals surface area contributed by atoms with E-state index in [-0.39, 0.29) is 19.2 Å². The number of unbranched alkanes of at least 4 members (excludes halogenated alkanes) is 2. The van der Waals surface area contributed by atoms with Crippen LogP contribution in [0.25, 0.3) is 0 Å². The predicted molar refractivity (Wildman–Crippen MR) is 87.4 cm³/mol. The first-order valence-corrected chi connectivity index (χ1v) is 8.33. The van der Waals surface area contributed by atoms with Crippen LogP contribution in [-0.2, 0) is 23.7 Å². The molecular formula is C16H34O7. The van der Waals surface area contributed by atoms with Crippen molar-refractivity contribution in [2.45, 2.75) is 39.5 Å². The van der Waals surface area contributed by atoms with Gasteiger partial charge in [0.25, 0.3) is 0 Å². The SMILES string of the molecule is CCCCCC(=O)OCC.OCCOCCOCCOCCO. The summed E-state index contributed by atoms with van der Waals surface area (Å²) < 4.78 is 19.8. The zero-order valence-corrected chi connectivity index (χ0v) is 14.6. The molecule has 7 heteroatoms. The molecule has 2 N–H and O–H groups in total. The Morgan fingerprint density at radius 2 is 1.26 bits per heavy atom. The molecule has 23 heavy (non-hydrogen) atoms. The van der Waals surface area contributed by atoms with Crippen molar-refractivity contribution in [1.29, 1.82) is 0 Å². The zero-order chi connectivity index (χ0) is 17.6. The summed E-state index contributed by atoms with van der Waals surface area (Å²) in [4.78, 5) is 10.7. The van der Waals surface area contributed by atoms with E-state index in [4.69, 9.17) is 29.2 Å². The Morgan fingerprint density at radius 1 is 0.783 bits per heavy atom. The van der Waals surface area contributed by atoms with Crippen LogP contribution in [0, 0.1) is 0 Å². The van der Waals surface area contributed by atoms with Crippen molar-refractivity contribution < 1.29 is 34.0 Å². The molecule has 0 aromatic rings. The zero-order valence-electron chi connectivity index (χ0n) is 14.6. The predicted octanol–water partition coefficient (Wildman–Crippen LogP) is 1.15. The van der Waals surface area contributed by atoms with Crippen LogP contribution in [0.5, 0.6) is 0 Å². The summed E-state index contributed by atoms with van der Waals surface area (Å²) in [6, 6.07) is 0. The summed E-state index contributed by atoms with van der Waals surface area (Å²) in [5, 5.41) is 16.7. The minimum atomic E-state index is -0.0593. The summed E-state index contributed by atoms with van der Waals surface area (Å²) in [6.45, 7) is 7.22. The highest BCUT2D eigenvalue weighted by Crippen LogP contribution is 1.99. The molecule has 0 aromatic carbocycles. The number of esters is 1. The maximum absolute atomic E-state index is 10.7. The Morgan fingerprint density at radius 3 is 1.65 bits per heavy atom. The van der Waals surface area contributed by atoms with Gasteiger partial charge in [-0.25, -0.2) is 0 Å². The minimum Gasteiger partial charge on any atom is -0.466 e. The molecule has 0 heterocycles. The summed E-state index contributed by atoms with van der Waals surface area (Å²) in [6.07, 6.45) is 3.83. The van der Waals surface area contributed by atoms with Crippen LogP contribution in [0.2, 0.25) is 0 Å². The van der Waals surface area contributed by atoms with Crippen molar-refractivity contribution in [3.63, 3.8) is 0 Å². The molecule has 7 nitrogen and oxygen atoms in total. The molecule has 0 aliphatic carbocycles. The van der Waals surface area contributed by atoms with Gasteiger partial charge in [0.1, 0.15) is 0 Å². The largest absolute Gasteiger partial charge is 0.466 e. The smallest absolute Gasteiger partial charge is 0.305 e. The fourth-order valence-corrected chi connectivity index (χ4v) is 1.42. The third kappa shape index (κ3) is 26.5. The van der Waals surface area contributed by atoms with Gasteiger partial charge in [-0.1, -0.05) is 19.8 Å². The van der Waals surface area contributed by atoms with Crippen molar-refractivity contribution in [2.75, 3.05) is 59.5 Å². The van der Waals surface area contributed by atoms with Crippen LogP contribution >= 0.6 is 0 Å². The van der Waals surface area contributed by atoms with Gasteiger partial charge in [-0.2, -0.15) is 0 Å². The quantitative estimate of drug-likeness (QED) is 0.342. The Bertz CT molecular complexity index is 214. The molecule has 140 valence electrons. The number of aliphatic hydroxyl groups is 2. The van der Waals surface area contributed by atoms with E-state index in [0.717, 1.165) is 19.3 Å². The molecule has 0 saturated heterocycles. The first-order chi connectivity index (χ1) is 11.2. The molecule has 0 rings (SSSR count). The number of ether oxygens (including phenoxy) is 4. The first-order valence-electron chi connectivity index (χ1n) is 8.33. The number of rotatable bonds is 15. The Hall–Kier alpha value is -0.730. The van der Waals surface area contributed by atoms with E-state index in [0.29, 0.717) is 52.7 Å². The lowest BCUT2D eigenvalue weighted by atomic mass is 10.2. The average Bonchev–Trinajstić information content (AvgIpc) is 2.54. The second-order valence-corrected chi connectivity index (χ2v) is 4.55. The Labute approximate surface area is 139 Å². The second kappa shape index (κ2) is 23.5. The van der Waals surface area contributed by atoms with Gasteiger partial charge in [0.2, 0.25) is 0 Å². The summed E-state index contributed by atoms with van der Waals surface area (Å²) in [5.74, 6) is -0.0593. The first kappa shape index (κ1) is 24.5. The molecule has 0 radical (unpaired) electrons. The van der Waals surface area contributed by atoms with Gasteiger partial charge in [0, 0.05) is 6.42 Å². The van der Waals surface area contributed by atoms with Crippen molar-refractivity contribution in [3.8, 4) is 0 Å². The van der Waals surface area contributed by atoms with E-state index in [9.17, 15) is 4.79 Å². The lowest BCUT2D eigenvalue weighted by Gasteiger charge is -2.04. The van der Waals surface area contributed by atoms with Crippen molar-refractivity contribution in [3.05, 3.63) is 0 Å². The Balaban J connectivity index is 0. The van der Waals surface area contributed by atoms with Gasteiger partial charge in [-0.15, -0.1) is 0 Å². The fraction of sp³-hybridized carbons (Fsp3) is 0.938. The van der Waals surface area contributed by atoms with Crippen LogP contribution in [-0.4, -0.2) is 75.6 Å². The van der Waals surface area contributed by atoms with E-state index < -0.39 is 0 Å². The molecule has 0 atom stereocenters. The van der Waals surface area contributed by atoms with Crippen LogP contribution in [0.3, 0.4) is 0 Å². The maximum Gasteiger partial charge on any atom is 0.305 e. The summed E-state index contributed by atoms with van der Waals surface area (Å²) in [5.41, 5.74) is 0. The number of carbonyl (C=O) groups excluding carboxylic acids is 1. The lowest BCUT2D eigenvalue weighted by molar-refractivity contribution is -0.143. The van der Waals surface area contributed by atoms with Crippen molar-refractivity contribution >= 4 is 5.97 Å². The van der Waals surface area contributed by atoms with Gasteiger partial charge < -0.3 is 29.2 Å². The second-order valence-electron chi connectivity index (χ2n) is 4.55. The van der Waals surface area contributed by atoms with Crippen LogP contribution in [0.15, 0.2) is 0 Å². The third-order valence-corrected chi connectivity index (χ3v) is 2.51. The van der Waals surface area contributed by atoms with Crippen molar-refractivity contribution in [1.82, 2.24) is 0 Å². The minimum absolute atomic E-state index is 0.0413. The van der Waals surface area contributed by atoms with Gasteiger partial charge in [-0.3, -0.25) is 4.79 Å². The standard InChI is InChI=1S/C8H18O5.C8H16O2/c9-1-3-11-5-7-13-8-6-12-4-2-10;1-3-5-6-7-8(9)10-4-2/h9-10H,1-8H2;3-7H2,1-2H3. The Kier molecular flexibility index (Phi) is 25.1. The van der Waals surface area contributed by atoms with Gasteiger partial charge in [0.05, 0.1) is 59.5 Å². The topological polar surface area (TPSA) is 94.5 Å². The summed E-state index contributed by atoms with van der Waals surface area (Å²) >= 11 is 0. The molecule has 0 aliphatic rings. The molecule has 0 fully saturated rings. The van der Waals surface area contributed by atoms with Gasteiger partial charge in [0.15, 0.2) is 0 Å². The third-order valence-electron chi connectivity index (χ3n) is 2.51. The van der Waals surface area contributed by atoms with Crippen molar-refractivity contribution in [2.24, 2.45) is 0 Å². The van der Waals surface area contributed by atoms with E-state index in [1.807, 2.05) is 6.92 Å². The van der Waals surface area contributed by atoms with E-state index in [2.05, 4.69) is 6.92 Å². The lowest BCUT2D eigenvalue weighted by Crippen LogP contribution is -2.11. The normalized spacial score (nSPS) is 10.1. The molecular weight excluding hydrogens is 304 g/mol. The maximum atomic E-state index is 10.7. The number of hydrogen-bond donors (Lipinski definition) is 2. The fourth-order valence-electron chi connectivity index (χ4n) is 1.42. The molecule has 0 aliphatic heterocycles. The van der Waals surface area contributed by atoms with E-state index >= 15 is 0 Å². The molecule has 0 spiro atoms. The summed E-state index contributed by atoms with van der Waals surface area (Å²) in [7, 11) is 0. The van der Waals surface area contributed by atoms with E-state index in [1.54, 1.807) is 0 Å². The monoisotopic (exact) mass is 338 g/mol. The van der Waals surface area contributed by atoms with Crippen LogP contribution < -0.4 is 0 Å². The van der Waals surface area contributed by atoms with Gasteiger partial charge >= 0.3 is 5.97 Å². The molecule has 0 bridgehead atoms. The van der Waals surface area contributed by atoms with Gasteiger partial charge in [-0.05, 0) is 13.3 Å². The molecule has 0 aromatic heterocycles. The van der Waals surface area contributed by atoms with Crippen LogP contribution in [0.4, 0.5) is 0 Å². The molecule has 0 saturated carbocycles. The van der Waals surface area contributed by atoms with E-state index in [1.165, 1.54) is 0 Å². The van der Waals surface area contributed by atoms with Crippen LogP contribution in [0.1, 0.15) is 39.5 Å². The highest BCUT2D eigenvalue weighted by molar-refractivity contribution is 5.69.